The van der Waals surface area contributed by atoms with Crippen molar-refractivity contribution in [3.05, 3.63) is 48.0 Å². The van der Waals surface area contributed by atoms with E-state index in [0.29, 0.717) is 6.04 Å². The number of rotatable bonds is 5. The SMILES string of the molecule is CCNC(Cc1ccncc1)c1ccnn1C. The van der Waals surface area contributed by atoms with E-state index in [0.717, 1.165) is 13.0 Å². The molecule has 4 heteroatoms. The summed E-state index contributed by atoms with van der Waals surface area (Å²) in [6, 6.07) is 6.48. The summed E-state index contributed by atoms with van der Waals surface area (Å²) in [6.07, 6.45) is 6.46. The van der Waals surface area contributed by atoms with E-state index in [1.54, 1.807) is 0 Å². The van der Waals surface area contributed by atoms with Crippen molar-refractivity contribution in [2.24, 2.45) is 7.05 Å². The zero-order valence-corrected chi connectivity index (χ0v) is 10.3. The number of hydrogen-bond donors (Lipinski definition) is 1. The molecule has 0 amide bonds. The summed E-state index contributed by atoms with van der Waals surface area (Å²) in [5.74, 6) is 0. The van der Waals surface area contributed by atoms with Gasteiger partial charge < -0.3 is 5.32 Å². The first-order valence-electron chi connectivity index (χ1n) is 5.91. The molecule has 2 heterocycles. The van der Waals surface area contributed by atoms with Crippen LogP contribution < -0.4 is 5.32 Å². The Balaban J connectivity index is 2.16. The van der Waals surface area contributed by atoms with Crippen LogP contribution in [0.25, 0.3) is 0 Å². The van der Waals surface area contributed by atoms with Crippen LogP contribution in [0.15, 0.2) is 36.8 Å². The van der Waals surface area contributed by atoms with Crippen molar-refractivity contribution < 1.29 is 0 Å². The predicted molar refractivity (Wildman–Crippen MR) is 67.6 cm³/mol. The van der Waals surface area contributed by atoms with Gasteiger partial charge in [-0.05, 0) is 36.7 Å². The van der Waals surface area contributed by atoms with Gasteiger partial charge in [0.2, 0.25) is 0 Å². The van der Waals surface area contributed by atoms with Crippen molar-refractivity contribution in [2.75, 3.05) is 6.54 Å². The molecule has 0 saturated heterocycles. The minimum atomic E-state index is 0.301. The van der Waals surface area contributed by atoms with Crippen LogP contribution >= 0.6 is 0 Å². The molecule has 1 unspecified atom stereocenters. The van der Waals surface area contributed by atoms with Gasteiger partial charge in [-0.3, -0.25) is 9.67 Å². The Morgan fingerprint density at radius 3 is 2.59 bits per heavy atom. The van der Waals surface area contributed by atoms with Crippen molar-refractivity contribution in [2.45, 2.75) is 19.4 Å². The molecule has 0 aliphatic carbocycles. The molecule has 4 nitrogen and oxygen atoms in total. The van der Waals surface area contributed by atoms with Crippen molar-refractivity contribution >= 4 is 0 Å². The Bertz CT molecular complexity index is 449. The van der Waals surface area contributed by atoms with Crippen molar-refractivity contribution in [3.8, 4) is 0 Å². The summed E-state index contributed by atoms with van der Waals surface area (Å²) in [7, 11) is 1.98. The van der Waals surface area contributed by atoms with E-state index in [2.05, 4.69) is 40.5 Å². The standard InChI is InChI=1S/C13H18N4/c1-3-15-12(13-6-9-16-17(13)2)10-11-4-7-14-8-5-11/h4-9,12,15H,3,10H2,1-2H3. The Hall–Kier alpha value is -1.68. The predicted octanol–water partition coefficient (Wildman–Crippen LogP) is 1.71. The second-order valence-electron chi connectivity index (χ2n) is 4.05. The fourth-order valence-electron chi connectivity index (χ4n) is 2.01. The zero-order chi connectivity index (χ0) is 12.1. The smallest absolute Gasteiger partial charge is 0.0553 e. The second kappa shape index (κ2) is 5.59. The molecule has 0 spiro atoms. The highest BCUT2D eigenvalue weighted by Gasteiger charge is 2.14. The molecule has 0 radical (unpaired) electrons. The molecule has 1 N–H and O–H groups in total. The topological polar surface area (TPSA) is 42.7 Å². The van der Waals surface area contributed by atoms with Gasteiger partial charge in [-0.2, -0.15) is 5.10 Å². The lowest BCUT2D eigenvalue weighted by Crippen LogP contribution is -2.25. The summed E-state index contributed by atoms with van der Waals surface area (Å²) in [5.41, 5.74) is 2.50. The summed E-state index contributed by atoms with van der Waals surface area (Å²) < 4.78 is 1.93. The maximum absolute atomic E-state index is 4.23. The minimum absolute atomic E-state index is 0.301. The van der Waals surface area contributed by atoms with E-state index in [9.17, 15) is 0 Å². The third kappa shape index (κ3) is 2.91. The molecule has 0 bridgehead atoms. The molecular formula is C13H18N4. The van der Waals surface area contributed by atoms with E-state index in [1.165, 1.54) is 11.3 Å². The number of nitrogens with one attached hydrogen (secondary N) is 1. The Kier molecular flexibility index (Phi) is 3.88. The molecule has 90 valence electrons. The first kappa shape index (κ1) is 11.8. The zero-order valence-electron chi connectivity index (χ0n) is 10.3. The van der Waals surface area contributed by atoms with E-state index >= 15 is 0 Å². The maximum atomic E-state index is 4.23. The van der Waals surface area contributed by atoms with Gasteiger partial charge in [0.05, 0.1) is 11.7 Å². The van der Waals surface area contributed by atoms with Gasteiger partial charge in [0.15, 0.2) is 0 Å². The fraction of sp³-hybridized carbons (Fsp3) is 0.385. The maximum Gasteiger partial charge on any atom is 0.0553 e. The van der Waals surface area contributed by atoms with Crippen molar-refractivity contribution in [3.63, 3.8) is 0 Å². The van der Waals surface area contributed by atoms with Crippen LogP contribution in [-0.4, -0.2) is 21.3 Å². The fourth-order valence-corrected chi connectivity index (χ4v) is 2.01. The summed E-state index contributed by atoms with van der Waals surface area (Å²) in [6.45, 7) is 3.07. The average molecular weight is 230 g/mol. The molecule has 0 aliphatic heterocycles. The van der Waals surface area contributed by atoms with Gasteiger partial charge >= 0.3 is 0 Å². The number of nitrogens with zero attached hydrogens (tertiary/aromatic N) is 3. The molecule has 0 aromatic carbocycles. The summed E-state index contributed by atoms with van der Waals surface area (Å²) in [4.78, 5) is 4.04. The van der Waals surface area contributed by atoms with E-state index in [1.807, 2.05) is 30.3 Å². The van der Waals surface area contributed by atoms with Crippen LogP contribution in [0.2, 0.25) is 0 Å². The number of likely N-dealkylation sites (N-methyl/N-ethyl adjacent to an activating group) is 1. The molecule has 0 aliphatic rings. The number of pyridine rings is 1. The average Bonchev–Trinajstić information content (AvgIpc) is 2.76. The Morgan fingerprint density at radius 1 is 1.24 bits per heavy atom. The van der Waals surface area contributed by atoms with Crippen LogP contribution in [0.3, 0.4) is 0 Å². The van der Waals surface area contributed by atoms with Crippen LogP contribution in [0, 0.1) is 0 Å². The second-order valence-corrected chi connectivity index (χ2v) is 4.05. The number of aromatic nitrogens is 3. The first-order valence-corrected chi connectivity index (χ1v) is 5.91. The Labute approximate surface area is 102 Å². The van der Waals surface area contributed by atoms with Crippen molar-refractivity contribution in [1.29, 1.82) is 0 Å². The van der Waals surface area contributed by atoms with Gasteiger partial charge in [-0.1, -0.05) is 6.92 Å². The van der Waals surface area contributed by atoms with Gasteiger partial charge in [0.25, 0.3) is 0 Å². The number of hydrogen-bond acceptors (Lipinski definition) is 3. The van der Waals surface area contributed by atoms with Gasteiger partial charge in [-0.25, -0.2) is 0 Å². The van der Waals surface area contributed by atoms with E-state index in [4.69, 9.17) is 0 Å². The molecule has 2 rings (SSSR count). The minimum Gasteiger partial charge on any atom is -0.309 e. The molecular weight excluding hydrogens is 212 g/mol. The highest BCUT2D eigenvalue weighted by Crippen LogP contribution is 2.17. The lowest BCUT2D eigenvalue weighted by atomic mass is 10.0. The third-order valence-electron chi connectivity index (χ3n) is 2.86. The monoisotopic (exact) mass is 230 g/mol. The Morgan fingerprint density at radius 2 is 2.00 bits per heavy atom. The third-order valence-corrected chi connectivity index (χ3v) is 2.86. The highest BCUT2D eigenvalue weighted by atomic mass is 15.3. The molecule has 17 heavy (non-hydrogen) atoms. The van der Waals surface area contributed by atoms with E-state index < -0.39 is 0 Å². The van der Waals surface area contributed by atoms with Crippen LogP contribution in [-0.2, 0) is 13.5 Å². The lowest BCUT2D eigenvalue weighted by Gasteiger charge is -2.18. The van der Waals surface area contributed by atoms with E-state index in [-0.39, 0.29) is 0 Å². The highest BCUT2D eigenvalue weighted by molar-refractivity contribution is 5.16. The largest absolute Gasteiger partial charge is 0.309 e. The molecule has 2 aromatic rings. The molecule has 1 atom stereocenters. The van der Waals surface area contributed by atoms with Gasteiger partial charge in [0.1, 0.15) is 0 Å². The lowest BCUT2D eigenvalue weighted by molar-refractivity contribution is 0.507. The van der Waals surface area contributed by atoms with Crippen LogP contribution in [0.5, 0.6) is 0 Å². The molecule has 2 aromatic heterocycles. The quantitative estimate of drug-likeness (QED) is 0.850. The van der Waals surface area contributed by atoms with Gasteiger partial charge in [0, 0.05) is 25.6 Å². The van der Waals surface area contributed by atoms with Crippen LogP contribution in [0.1, 0.15) is 24.2 Å². The molecule has 0 fully saturated rings. The summed E-state index contributed by atoms with van der Waals surface area (Å²) >= 11 is 0. The molecule has 0 saturated carbocycles. The number of aryl methyl sites for hydroxylation is 1. The van der Waals surface area contributed by atoms with Crippen molar-refractivity contribution in [1.82, 2.24) is 20.1 Å². The van der Waals surface area contributed by atoms with Crippen LogP contribution in [0.4, 0.5) is 0 Å². The summed E-state index contributed by atoms with van der Waals surface area (Å²) in [5, 5.41) is 7.72. The normalized spacial score (nSPS) is 12.6. The van der Waals surface area contributed by atoms with Gasteiger partial charge in [-0.15, -0.1) is 0 Å². The first-order chi connectivity index (χ1) is 8.31.